The van der Waals surface area contributed by atoms with Crippen molar-refractivity contribution in [1.82, 2.24) is 4.90 Å². The molecule has 1 aliphatic rings. The van der Waals surface area contributed by atoms with Gasteiger partial charge in [-0.2, -0.15) is 0 Å². The van der Waals surface area contributed by atoms with E-state index in [1.54, 1.807) is 12.1 Å². The molecule has 1 aliphatic heterocycles. The van der Waals surface area contributed by atoms with Crippen LogP contribution in [0.2, 0.25) is 0 Å². The van der Waals surface area contributed by atoms with Gasteiger partial charge in [-0.15, -0.1) is 0 Å². The van der Waals surface area contributed by atoms with Gasteiger partial charge in [0, 0.05) is 19.0 Å². The van der Waals surface area contributed by atoms with Crippen LogP contribution < -0.4 is 15.9 Å². The van der Waals surface area contributed by atoms with Gasteiger partial charge in [-0.3, -0.25) is 24.6 Å². The van der Waals surface area contributed by atoms with Crippen molar-refractivity contribution in [2.75, 3.05) is 0 Å². The summed E-state index contributed by atoms with van der Waals surface area (Å²) in [6.07, 6.45) is 1.44. The van der Waals surface area contributed by atoms with Crippen molar-refractivity contribution in [2.45, 2.75) is 18.4 Å². The molecule has 230 valence electrons. The van der Waals surface area contributed by atoms with E-state index in [2.05, 4.69) is 0 Å². The zero-order valence-electron chi connectivity index (χ0n) is 24.3. The highest BCUT2D eigenvalue weighted by Gasteiger charge is 2.48. The Labute approximate surface area is 268 Å². The van der Waals surface area contributed by atoms with E-state index in [4.69, 9.17) is 9.15 Å². The molecule has 0 bridgehead atoms. The highest BCUT2D eigenvalue weighted by atomic mass is 32.2. The molecule has 1 saturated heterocycles. The predicted molar refractivity (Wildman–Crippen MR) is 179 cm³/mol. The lowest BCUT2D eigenvalue weighted by atomic mass is 10.2. The lowest BCUT2D eigenvalue weighted by Crippen LogP contribution is -2.58. The summed E-state index contributed by atoms with van der Waals surface area (Å²) in [7, 11) is 0. The number of β-lactam (4-membered cyclic amide) rings is 1. The summed E-state index contributed by atoms with van der Waals surface area (Å²) in [6.45, 7) is -3.34. The third kappa shape index (κ3) is 5.92. The number of carbonyl (C=O) groups excluding carboxylic acids is 3. The highest BCUT2D eigenvalue weighted by Crippen LogP contribution is 2.49. The second-order valence-electron chi connectivity index (χ2n) is 10.3. The fourth-order valence-electron chi connectivity index (χ4n) is 5.41. The van der Waals surface area contributed by atoms with Crippen LogP contribution in [-0.2, 0) is 20.9 Å². The first kappa shape index (κ1) is 30.8. The Balaban J connectivity index is 1.57. The van der Waals surface area contributed by atoms with Crippen molar-refractivity contribution in [2.24, 2.45) is 0 Å². The standard InChI is InChI=1S/C35H27N2O7PS/c38-31-23-32(46-35(40)30-17-10-22-43-30)36(31)33(34(39)44-24-25-18-20-26(21-19-25)37(41)42)45(27-11-4-1-5-12-27,28-13-6-2-7-14-28)29-15-8-3-9-16-29/h1-22,32H,23-24H2. The first-order valence-corrected chi connectivity index (χ1v) is 17.0. The molecule has 0 aliphatic carbocycles. The van der Waals surface area contributed by atoms with Gasteiger partial charge >= 0.3 is 5.97 Å². The van der Waals surface area contributed by atoms with E-state index in [9.17, 15) is 24.5 Å². The third-order valence-electron chi connectivity index (χ3n) is 7.55. The first-order valence-electron chi connectivity index (χ1n) is 14.3. The predicted octanol–water partition coefficient (Wildman–Crippen LogP) is 5.49. The van der Waals surface area contributed by atoms with Gasteiger partial charge in [0.25, 0.3) is 10.8 Å². The van der Waals surface area contributed by atoms with E-state index in [0.29, 0.717) is 5.56 Å². The van der Waals surface area contributed by atoms with Gasteiger partial charge in [-0.25, -0.2) is 4.79 Å². The molecular formula is C35H27N2O7PS. The minimum Gasteiger partial charge on any atom is -0.460 e. The molecule has 0 radical (unpaired) electrons. The van der Waals surface area contributed by atoms with Crippen LogP contribution in [0.5, 0.6) is 0 Å². The summed E-state index contributed by atoms with van der Waals surface area (Å²) in [5.41, 5.74) is 0.589. The summed E-state index contributed by atoms with van der Waals surface area (Å²) in [5, 5.41) is 12.5. The quantitative estimate of drug-likeness (QED) is 0.0641. The summed E-state index contributed by atoms with van der Waals surface area (Å²) < 4.78 is 11.3. The molecule has 5 aromatic rings. The lowest BCUT2D eigenvalue weighted by molar-refractivity contribution is -0.384. The van der Waals surface area contributed by atoms with Crippen LogP contribution in [0, 0.1) is 10.1 Å². The van der Waals surface area contributed by atoms with E-state index in [1.807, 2.05) is 91.0 Å². The van der Waals surface area contributed by atoms with E-state index < -0.39 is 23.2 Å². The first-order chi connectivity index (χ1) is 22.4. The average molecular weight is 651 g/mol. The molecule has 0 spiro atoms. The molecule has 0 N–H and O–H groups in total. The van der Waals surface area contributed by atoms with Crippen LogP contribution >= 0.6 is 18.6 Å². The average Bonchev–Trinajstić information content (AvgIpc) is 3.64. The van der Waals surface area contributed by atoms with Gasteiger partial charge in [-0.05, 0) is 45.7 Å². The van der Waals surface area contributed by atoms with Crippen LogP contribution in [0.1, 0.15) is 22.5 Å². The number of hydrogen-bond donors (Lipinski definition) is 0. The largest absolute Gasteiger partial charge is 0.460 e. The number of ether oxygens (including phenoxy) is 1. The van der Waals surface area contributed by atoms with Gasteiger partial charge in [0.1, 0.15) is 12.0 Å². The molecule has 1 fully saturated rings. The molecular weight excluding hydrogens is 623 g/mol. The second-order valence-corrected chi connectivity index (χ2v) is 14.8. The van der Waals surface area contributed by atoms with Gasteiger partial charge in [0.05, 0.1) is 23.0 Å². The summed E-state index contributed by atoms with van der Waals surface area (Å²) in [6, 6.07) is 37.5. The number of nitro benzene ring substituents is 1. The molecule has 1 aromatic heterocycles. The molecule has 46 heavy (non-hydrogen) atoms. The third-order valence-corrected chi connectivity index (χ3v) is 12.9. The monoisotopic (exact) mass is 650 g/mol. The summed E-state index contributed by atoms with van der Waals surface area (Å²) in [4.78, 5) is 53.6. The van der Waals surface area contributed by atoms with Crippen LogP contribution in [0.25, 0.3) is 0 Å². The van der Waals surface area contributed by atoms with Gasteiger partial charge in [-0.1, -0.05) is 103 Å². The number of rotatable bonds is 10. The minimum absolute atomic E-state index is 0.0363. The fourth-order valence-corrected chi connectivity index (χ4v) is 10.9. The van der Waals surface area contributed by atoms with E-state index in [0.717, 1.165) is 27.7 Å². The normalized spacial score (nSPS) is 14.3. The number of esters is 1. The molecule has 1 unspecified atom stereocenters. The van der Waals surface area contributed by atoms with Crippen LogP contribution in [0.15, 0.2) is 138 Å². The Kier molecular flexibility index (Phi) is 9.01. The second kappa shape index (κ2) is 13.4. The smallest absolute Gasteiger partial charge is 0.356 e. The van der Waals surface area contributed by atoms with E-state index in [1.165, 1.54) is 35.4 Å². The number of nitrogens with zero attached hydrogens (tertiary/aromatic N) is 2. The Morgan fingerprint density at radius 3 is 1.83 bits per heavy atom. The number of likely N-dealkylation sites (tertiary alicyclic amines) is 1. The van der Waals surface area contributed by atoms with Crippen molar-refractivity contribution in [1.29, 1.82) is 0 Å². The highest BCUT2D eigenvalue weighted by molar-refractivity contribution is 8.14. The number of benzene rings is 4. The SMILES string of the molecule is O=C(OCc1ccc([N+](=O)[O-])cc1)C(N1C(=O)CC1SC(=O)c1ccco1)=P(c1ccccc1)(c1ccccc1)c1ccccc1. The Hall–Kier alpha value is -5.18. The van der Waals surface area contributed by atoms with E-state index in [-0.39, 0.29) is 40.9 Å². The number of thioether (sulfide) groups is 1. The zero-order valence-corrected chi connectivity index (χ0v) is 26.0. The van der Waals surface area contributed by atoms with Gasteiger partial charge in [0.15, 0.2) is 5.76 Å². The fraction of sp³-hybridized carbons (Fsp3) is 0.0857. The zero-order chi connectivity index (χ0) is 32.1. The molecule has 4 aromatic carbocycles. The van der Waals surface area contributed by atoms with Crippen molar-refractivity contribution in [3.8, 4) is 0 Å². The summed E-state index contributed by atoms with van der Waals surface area (Å²) >= 11 is 0.920. The molecule has 1 atom stereocenters. The van der Waals surface area contributed by atoms with Gasteiger partial charge < -0.3 is 9.15 Å². The molecule has 0 saturated carbocycles. The number of furan rings is 1. The van der Waals surface area contributed by atoms with Crippen molar-refractivity contribution >= 4 is 62.7 Å². The maximum atomic E-state index is 14.7. The molecule has 11 heteroatoms. The van der Waals surface area contributed by atoms with Crippen LogP contribution in [-0.4, -0.2) is 37.6 Å². The number of amides is 1. The van der Waals surface area contributed by atoms with Crippen molar-refractivity contribution in [3.63, 3.8) is 0 Å². The van der Waals surface area contributed by atoms with Crippen LogP contribution in [0.4, 0.5) is 5.69 Å². The number of nitro groups is 1. The maximum Gasteiger partial charge on any atom is 0.356 e. The molecule has 2 heterocycles. The summed E-state index contributed by atoms with van der Waals surface area (Å²) in [5.74, 6) is -0.909. The minimum atomic E-state index is -3.15. The maximum absolute atomic E-state index is 14.7. The van der Waals surface area contributed by atoms with Crippen LogP contribution in [0.3, 0.4) is 0 Å². The Bertz CT molecular complexity index is 1830. The van der Waals surface area contributed by atoms with Gasteiger partial charge in [0.2, 0.25) is 5.91 Å². The van der Waals surface area contributed by atoms with Crippen molar-refractivity contribution in [3.05, 3.63) is 155 Å². The molecule has 6 rings (SSSR count). The molecule has 1 amide bonds. The van der Waals surface area contributed by atoms with E-state index >= 15 is 0 Å². The number of hydrogen-bond acceptors (Lipinski definition) is 8. The number of carbonyl (C=O) groups is 3. The Morgan fingerprint density at radius 2 is 1.37 bits per heavy atom. The van der Waals surface area contributed by atoms with Crippen molar-refractivity contribution < 1.29 is 28.5 Å². The topological polar surface area (TPSA) is 120 Å². The molecule has 9 nitrogen and oxygen atoms in total. The Morgan fingerprint density at radius 1 is 0.826 bits per heavy atom. The lowest BCUT2D eigenvalue weighted by Gasteiger charge is -2.44. The number of non-ortho nitro benzene ring substituents is 1.